The number of halogens is 1. The van der Waals surface area contributed by atoms with Crippen molar-refractivity contribution in [3.8, 4) is 0 Å². The number of aryl methyl sites for hydroxylation is 1. The second-order valence-electron chi connectivity index (χ2n) is 5.53. The number of hydrogen-bond donors (Lipinski definition) is 1. The molecule has 20 heavy (non-hydrogen) atoms. The van der Waals surface area contributed by atoms with Crippen molar-refractivity contribution in [1.82, 2.24) is 4.90 Å². The molecule has 0 bridgehead atoms. The highest BCUT2D eigenvalue weighted by atomic mass is 79.9. The summed E-state index contributed by atoms with van der Waals surface area (Å²) in [4.78, 5) is 2.39. The first-order chi connectivity index (χ1) is 9.58. The van der Waals surface area contributed by atoms with Gasteiger partial charge >= 0.3 is 0 Å². The summed E-state index contributed by atoms with van der Waals surface area (Å²) in [7, 11) is 0. The van der Waals surface area contributed by atoms with E-state index in [-0.39, 0.29) is 0 Å². The van der Waals surface area contributed by atoms with Crippen molar-refractivity contribution in [1.29, 1.82) is 0 Å². The largest absolute Gasteiger partial charge is 0.387 e. The summed E-state index contributed by atoms with van der Waals surface area (Å²) in [6.07, 6.45) is 4.41. The minimum absolute atomic E-state index is 0.402. The Morgan fingerprint density at radius 2 is 1.75 bits per heavy atom. The normalized spacial score (nSPS) is 12.9. The van der Waals surface area contributed by atoms with Crippen LogP contribution >= 0.6 is 15.9 Å². The fraction of sp³-hybridized carbons (Fsp3) is 0.647. The van der Waals surface area contributed by atoms with Gasteiger partial charge in [0.1, 0.15) is 0 Å². The molecule has 1 atom stereocenters. The lowest BCUT2D eigenvalue weighted by molar-refractivity contribution is 0.111. The zero-order chi connectivity index (χ0) is 15.0. The molecule has 0 aliphatic heterocycles. The summed E-state index contributed by atoms with van der Waals surface area (Å²) in [5, 5.41) is 10.4. The topological polar surface area (TPSA) is 23.5 Å². The molecule has 0 fully saturated rings. The fourth-order valence-corrected chi connectivity index (χ4v) is 2.62. The second-order valence-corrected chi connectivity index (χ2v) is 6.39. The lowest BCUT2D eigenvalue weighted by Crippen LogP contribution is -2.30. The number of aliphatic hydroxyl groups is 1. The van der Waals surface area contributed by atoms with Crippen LogP contribution in [0.5, 0.6) is 0 Å². The highest BCUT2D eigenvalue weighted by Crippen LogP contribution is 2.22. The third-order valence-electron chi connectivity index (χ3n) is 3.67. The highest BCUT2D eigenvalue weighted by molar-refractivity contribution is 9.10. The number of benzene rings is 1. The van der Waals surface area contributed by atoms with Crippen LogP contribution in [0.2, 0.25) is 0 Å². The lowest BCUT2D eigenvalue weighted by atomic mass is 10.1. The Balaban J connectivity index is 2.62. The van der Waals surface area contributed by atoms with E-state index in [1.165, 1.54) is 31.2 Å². The Bertz CT molecular complexity index is 387. The van der Waals surface area contributed by atoms with E-state index in [1.807, 2.05) is 12.1 Å². The van der Waals surface area contributed by atoms with E-state index in [0.717, 1.165) is 29.7 Å². The number of unbranched alkanes of at least 4 members (excludes halogenated alkanes) is 2. The first-order valence-electron chi connectivity index (χ1n) is 7.75. The van der Waals surface area contributed by atoms with Crippen molar-refractivity contribution in [2.24, 2.45) is 0 Å². The summed E-state index contributed by atoms with van der Waals surface area (Å²) in [5.74, 6) is 0. The van der Waals surface area contributed by atoms with Gasteiger partial charge in [-0.25, -0.2) is 0 Å². The zero-order valence-corrected chi connectivity index (χ0v) is 14.6. The number of rotatable bonds is 9. The summed E-state index contributed by atoms with van der Waals surface area (Å²) >= 11 is 3.54. The maximum atomic E-state index is 10.4. The van der Waals surface area contributed by atoms with Crippen LogP contribution in [-0.4, -0.2) is 29.6 Å². The molecule has 0 saturated heterocycles. The summed E-state index contributed by atoms with van der Waals surface area (Å²) in [6.45, 7) is 9.39. The molecular formula is C17H28BrNO. The average molecular weight is 342 g/mol. The third-order valence-corrected chi connectivity index (χ3v) is 4.52. The molecule has 0 heterocycles. The van der Waals surface area contributed by atoms with Crippen molar-refractivity contribution < 1.29 is 5.11 Å². The summed E-state index contributed by atoms with van der Waals surface area (Å²) in [5.41, 5.74) is 2.20. The Morgan fingerprint density at radius 1 is 1.15 bits per heavy atom. The standard InChI is InChI=1S/C17H28BrNO/c1-4-6-10-19(11-7-5-2)13-17(20)15-9-8-14(3)16(18)12-15/h8-9,12,17,20H,4-7,10-11,13H2,1-3H3/t17-/m1/s1. The molecular weight excluding hydrogens is 314 g/mol. The van der Waals surface area contributed by atoms with Gasteiger partial charge in [0, 0.05) is 11.0 Å². The van der Waals surface area contributed by atoms with E-state index in [0.29, 0.717) is 0 Å². The molecule has 0 radical (unpaired) electrons. The fourth-order valence-electron chi connectivity index (χ4n) is 2.22. The van der Waals surface area contributed by atoms with Crippen molar-refractivity contribution >= 4 is 15.9 Å². The molecule has 0 amide bonds. The molecule has 2 nitrogen and oxygen atoms in total. The van der Waals surface area contributed by atoms with Crippen LogP contribution < -0.4 is 0 Å². The predicted octanol–water partition coefficient (Wildman–Crippen LogP) is 4.69. The van der Waals surface area contributed by atoms with E-state index >= 15 is 0 Å². The van der Waals surface area contributed by atoms with Crippen molar-refractivity contribution in [2.75, 3.05) is 19.6 Å². The van der Waals surface area contributed by atoms with Crippen LogP contribution in [0.3, 0.4) is 0 Å². The van der Waals surface area contributed by atoms with Crippen LogP contribution in [0, 0.1) is 6.92 Å². The van der Waals surface area contributed by atoms with Gasteiger partial charge in [-0.15, -0.1) is 0 Å². The molecule has 3 heteroatoms. The van der Waals surface area contributed by atoms with Gasteiger partial charge in [-0.3, -0.25) is 0 Å². The molecule has 0 aromatic heterocycles. The minimum atomic E-state index is -0.402. The maximum Gasteiger partial charge on any atom is 0.0917 e. The molecule has 0 aliphatic rings. The van der Waals surface area contributed by atoms with Gasteiger partial charge in [0.15, 0.2) is 0 Å². The highest BCUT2D eigenvalue weighted by Gasteiger charge is 2.13. The molecule has 0 saturated carbocycles. The monoisotopic (exact) mass is 341 g/mol. The molecule has 0 unspecified atom stereocenters. The van der Waals surface area contributed by atoms with E-state index in [2.05, 4.69) is 47.7 Å². The number of aliphatic hydroxyl groups excluding tert-OH is 1. The Hall–Kier alpha value is -0.380. The van der Waals surface area contributed by atoms with Crippen LogP contribution in [0.4, 0.5) is 0 Å². The minimum Gasteiger partial charge on any atom is -0.387 e. The third kappa shape index (κ3) is 5.94. The zero-order valence-electron chi connectivity index (χ0n) is 13.0. The molecule has 114 valence electrons. The van der Waals surface area contributed by atoms with Gasteiger partial charge < -0.3 is 10.0 Å². The molecule has 1 rings (SSSR count). The van der Waals surface area contributed by atoms with Crippen LogP contribution in [0.25, 0.3) is 0 Å². The number of nitrogens with zero attached hydrogens (tertiary/aromatic N) is 1. The van der Waals surface area contributed by atoms with E-state index < -0.39 is 6.10 Å². The van der Waals surface area contributed by atoms with Crippen LogP contribution in [0.1, 0.15) is 56.8 Å². The first-order valence-corrected chi connectivity index (χ1v) is 8.54. The molecule has 1 aromatic carbocycles. The molecule has 0 aliphatic carbocycles. The second kappa shape index (κ2) is 9.54. The average Bonchev–Trinajstić information content (AvgIpc) is 2.44. The van der Waals surface area contributed by atoms with Crippen molar-refractivity contribution in [3.05, 3.63) is 33.8 Å². The Kier molecular flexibility index (Phi) is 8.43. The van der Waals surface area contributed by atoms with Gasteiger partial charge in [0.05, 0.1) is 6.10 Å². The lowest BCUT2D eigenvalue weighted by Gasteiger charge is -2.25. The molecule has 1 aromatic rings. The quantitative estimate of drug-likeness (QED) is 0.704. The van der Waals surface area contributed by atoms with Crippen molar-refractivity contribution in [2.45, 2.75) is 52.6 Å². The van der Waals surface area contributed by atoms with Gasteiger partial charge in [0.2, 0.25) is 0 Å². The Labute approximate surface area is 132 Å². The summed E-state index contributed by atoms with van der Waals surface area (Å²) < 4.78 is 1.07. The number of hydrogen-bond acceptors (Lipinski definition) is 2. The van der Waals surface area contributed by atoms with Crippen LogP contribution in [0.15, 0.2) is 22.7 Å². The van der Waals surface area contributed by atoms with Gasteiger partial charge in [0.25, 0.3) is 0 Å². The Morgan fingerprint density at radius 3 is 2.25 bits per heavy atom. The van der Waals surface area contributed by atoms with Crippen LogP contribution in [-0.2, 0) is 0 Å². The van der Waals surface area contributed by atoms with E-state index in [4.69, 9.17) is 0 Å². The first kappa shape index (κ1) is 17.7. The van der Waals surface area contributed by atoms with Gasteiger partial charge in [-0.05, 0) is 50.0 Å². The smallest absolute Gasteiger partial charge is 0.0917 e. The molecule has 1 N–H and O–H groups in total. The van der Waals surface area contributed by atoms with Gasteiger partial charge in [-0.2, -0.15) is 0 Å². The van der Waals surface area contributed by atoms with E-state index in [1.54, 1.807) is 0 Å². The van der Waals surface area contributed by atoms with Crippen molar-refractivity contribution in [3.63, 3.8) is 0 Å². The maximum absolute atomic E-state index is 10.4. The predicted molar refractivity (Wildman–Crippen MR) is 90.1 cm³/mol. The van der Waals surface area contributed by atoms with E-state index in [9.17, 15) is 5.11 Å². The van der Waals surface area contributed by atoms with Gasteiger partial charge in [-0.1, -0.05) is 54.8 Å². The molecule has 0 spiro atoms. The summed E-state index contributed by atoms with van der Waals surface area (Å²) in [6, 6.07) is 6.13. The SMILES string of the molecule is CCCCN(CCCC)C[C@@H](O)c1ccc(C)c(Br)c1.